The molecule has 1 N–H and O–H groups in total. The summed E-state index contributed by atoms with van der Waals surface area (Å²) >= 11 is 3.48. The smallest absolute Gasteiger partial charge is 0.255 e. The highest BCUT2D eigenvalue weighted by Crippen LogP contribution is 2.27. The fraction of sp³-hybridized carbons (Fsp3) is 0.417. The van der Waals surface area contributed by atoms with Crippen molar-refractivity contribution >= 4 is 33.4 Å². The molecule has 0 radical (unpaired) electrons. The predicted octanol–water partition coefficient (Wildman–Crippen LogP) is 5.90. The van der Waals surface area contributed by atoms with Gasteiger partial charge in [0.25, 0.3) is 11.8 Å². The largest absolute Gasteiger partial charge is 0.492 e. The van der Waals surface area contributed by atoms with Crippen molar-refractivity contribution in [1.82, 2.24) is 4.90 Å². The van der Waals surface area contributed by atoms with Crippen molar-refractivity contribution < 1.29 is 14.3 Å². The molecule has 6 heteroatoms. The lowest BCUT2D eigenvalue weighted by Gasteiger charge is -2.20. The summed E-state index contributed by atoms with van der Waals surface area (Å²) < 4.78 is 6.46. The normalized spacial score (nSPS) is 14.1. The summed E-state index contributed by atoms with van der Waals surface area (Å²) in [6.07, 6.45) is 6.51. The third kappa shape index (κ3) is 6.08. The summed E-state index contributed by atoms with van der Waals surface area (Å²) in [5.74, 6) is 0.532. The van der Waals surface area contributed by atoms with Crippen LogP contribution in [-0.2, 0) is 0 Å². The van der Waals surface area contributed by atoms with Crippen molar-refractivity contribution in [1.29, 1.82) is 0 Å². The molecule has 0 aliphatic carbocycles. The zero-order valence-corrected chi connectivity index (χ0v) is 19.0. The van der Waals surface area contributed by atoms with Gasteiger partial charge in [-0.25, -0.2) is 0 Å². The first-order valence-electron chi connectivity index (χ1n) is 10.7. The molecule has 1 saturated heterocycles. The van der Waals surface area contributed by atoms with Crippen molar-refractivity contribution in [2.45, 2.75) is 45.4 Å². The van der Waals surface area contributed by atoms with Gasteiger partial charge < -0.3 is 15.0 Å². The van der Waals surface area contributed by atoms with Crippen LogP contribution in [0.4, 0.5) is 5.69 Å². The molecule has 0 spiro atoms. The van der Waals surface area contributed by atoms with Gasteiger partial charge in [-0.2, -0.15) is 0 Å². The molecule has 1 aliphatic rings. The second-order valence-electron chi connectivity index (χ2n) is 7.59. The van der Waals surface area contributed by atoms with E-state index < -0.39 is 0 Å². The lowest BCUT2D eigenvalue weighted by Crippen LogP contribution is -2.31. The van der Waals surface area contributed by atoms with Gasteiger partial charge in [-0.1, -0.05) is 32.3 Å². The van der Waals surface area contributed by atoms with Crippen LogP contribution in [0.25, 0.3) is 0 Å². The van der Waals surface area contributed by atoms with Gasteiger partial charge in [0.1, 0.15) is 5.75 Å². The van der Waals surface area contributed by atoms with E-state index in [0.29, 0.717) is 23.4 Å². The predicted molar refractivity (Wildman–Crippen MR) is 123 cm³/mol. The number of nitrogens with zero attached hydrogens (tertiary/aromatic N) is 1. The van der Waals surface area contributed by atoms with E-state index in [1.807, 2.05) is 11.0 Å². The molecule has 5 nitrogen and oxygen atoms in total. The molecule has 0 atom stereocenters. The van der Waals surface area contributed by atoms with Gasteiger partial charge in [0.2, 0.25) is 0 Å². The highest BCUT2D eigenvalue weighted by molar-refractivity contribution is 9.10. The topological polar surface area (TPSA) is 58.6 Å². The van der Waals surface area contributed by atoms with Crippen molar-refractivity contribution in [3.05, 3.63) is 58.1 Å². The Bertz CT molecular complexity index is 877. The van der Waals surface area contributed by atoms with Crippen LogP contribution in [0, 0.1) is 0 Å². The van der Waals surface area contributed by atoms with E-state index in [1.54, 1.807) is 36.4 Å². The molecule has 0 saturated carbocycles. The first-order valence-corrected chi connectivity index (χ1v) is 11.5. The number of carbonyl (C=O) groups excluding carboxylic acids is 2. The zero-order chi connectivity index (χ0) is 21.3. The lowest BCUT2D eigenvalue weighted by atomic mass is 10.1. The number of amides is 2. The molecule has 3 rings (SSSR count). The molecule has 0 aromatic heterocycles. The Hall–Kier alpha value is -2.34. The maximum absolute atomic E-state index is 12.8. The number of anilines is 1. The van der Waals surface area contributed by atoms with Crippen LogP contribution in [0.3, 0.4) is 0 Å². The van der Waals surface area contributed by atoms with Gasteiger partial charge in [-0.3, -0.25) is 9.59 Å². The van der Waals surface area contributed by atoms with Crippen LogP contribution in [0.1, 0.15) is 66.2 Å². The first-order chi connectivity index (χ1) is 14.6. The van der Waals surface area contributed by atoms with Crippen molar-refractivity contribution in [3.63, 3.8) is 0 Å². The molecule has 2 aromatic rings. The summed E-state index contributed by atoms with van der Waals surface area (Å²) in [6, 6.07) is 12.5. The van der Waals surface area contributed by atoms with Gasteiger partial charge >= 0.3 is 0 Å². The second-order valence-corrected chi connectivity index (χ2v) is 8.44. The van der Waals surface area contributed by atoms with Crippen molar-refractivity contribution in [3.8, 4) is 5.75 Å². The average Bonchev–Trinajstić information content (AvgIpc) is 3.04. The summed E-state index contributed by atoms with van der Waals surface area (Å²) in [5, 5.41) is 2.90. The minimum Gasteiger partial charge on any atom is -0.492 e. The number of rotatable bonds is 7. The molecule has 160 valence electrons. The van der Waals surface area contributed by atoms with Crippen LogP contribution in [0.5, 0.6) is 5.75 Å². The third-order valence-corrected chi connectivity index (χ3v) is 5.83. The van der Waals surface area contributed by atoms with E-state index >= 15 is 0 Å². The number of halogens is 1. The van der Waals surface area contributed by atoms with Crippen LogP contribution >= 0.6 is 15.9 Å². The molecular formula is C24H29BrN2O3. The standard InChI is InChI=1S/C24H29BrN2O3/c1-2-3-15-30-22-12-11-18(17-21(22)25)23(28)26-20-10-8-9-19(16-20)24(29)27-13-6-4-5-7-14-27/h8-12,16-17H,2-7,13-15H2,1H3,(H,26,28). The summed E-state index contributed by atoms with van der Waals surface area (Å²) in [5.41, 5.74) is 1.74. The number of hydrogen-bond acceptors (Lipinski definition) is 3. The molecule has 0 bridgehead atoms. The van der Waals surface area contributed by atoms with Crippen LogP contribution in [0.15, 0.2) is 46.9 Å². The number of carbonyl (C=O) groups is 2. The highest BCUT2D eigenvalue weighted by atomic mass is 79.9. The average molecular weight is 473 g/mol. The quantitative estimate of drug-likeness (QED) is 0.510. The molecule has 1 heterocycles. The number of nitrogens with one attached hydrogen (secondary N) is 1. The van der Waals surface area contributed by atoms with Crippen LogP contribution < -0.4 is 10.1 Å². The Labute approximate surface area is 186 Å². The Morgan fingerprint density at radius 3 is 2.50 bits per heavy atom. The Balaban J connectivity index is 1.66. The van der Waals surface area contributed by atoms with E-state index in [2.05, 4.69) is 28.2 Å². The van der Waals surface area contributed by atoms with Crippen molar-refractivity contribution in [2.24, 2.45) is 0 Å². The third-order valence-electron chi connectivity index (χ3n) is 5.21. The number of benzene rings is 2. The molecule has 1 aliphatic heterocycles. The summed E-state index contributed by atoms with van der Waals surface area (Å²) in [6.45, 7) is 4.37. The SMILES string of the molecule is CCCCOc1ccc(C(=O)Nc2cccc(C(=O)N3CCCCCC3)c2)cc1Br. The Morgan fingerprint density at radius 1 is 1.03 bits per heavy atom. The number of unbranched alkanes of at least 4 members (excludes halogenated alkanes) is 1. The monoisotopic (exact) mass is 472 g/mol. The molecule has 1 fully saturated rings. The second kappa shape index (κ2) is 11.2. The molecule has 30 heavy (non-hydrogen) atoms. The van der Waals surface area contributed by atoms with E-state index in [0.717, 1.165) is 49.0 Å². The Morgan fingerprint density at radius 2 is 1.80 bits per heavy atom. The number of hydrogen-bond donors (Lipinski definition) is 1. The minimum absolute atomic E-state index is 0.0318. The zero-order valence-electron chi connectivity index (χ0n) is 17.5. The van der Waals surface area contributed by atoms with Gasteiger partial charge in [0.15, 0.2) is 0 Å². The van der Waals surface area contributed by atoms with E-state index in [4.69, 9.17) is 4.74 Å². The molecular weight excluding hydrogens is 444 g/mol. The molecule has 2 amide bonds. The van der Waals surface area contributed by atoms with Crippen LogP contribution in [0.2, 0.25) is 0 Å². The minimum atomic E-state index is -0.227. The maximum Gasteiger partial charge on any atom is 0.255 e. The maximum atomic E-state index is 12.8. The van der Waals surface area contributed by atoms with E-state index in [9.17, 15) is 9.59 Å². The van der Waals surface area contributed by atoms with Gasteiger partial charge in [-0.15, -0.1) is 0 Å². The molecule has 2 aromatic carbocycles. The van der Waals surface area contributed by atoms with E-state index in [1.165, 1.54) is 12.8 Å². The van der Waals surface area contributed by atoms with E-state index in [-0.39, 0.29) is 11.8 Å². The number of ether oxygens (including phenoxy) is 1. The van der Waals surface area contributed by atoms with Crippen LogP contribution in [-0.4, -0.2) is 36.4 Å². The van der Waals surface area contributed by atoms with Gasteiger partial charge in [0, 0.05) is 29.9 Å². The Kier molecular flexibility index (Phi) is 8.31. The molecule has 0 unspecified atom stereocenters. The lowest BCUT2D eigenvalue weighted by molar-refractivity contribution is 0.0761. The van der Waals surface area contributed by atoms with Gasteiger partial charge in [-0.05, 0) is 71.6 Å². The number of likely N-dealkylation sites (tertiary alicyclic amines) is 1. The fourth-order valence-electron chi connectivity index (χ4n) is 3.48. The summed E-state index contributed by atoms with van der Waals surface area (Å²) in [4.78, 5) is 27.5. The van der Waals surface area contributed by atoms with Gasteiger partial charge in [0.05, 0.1) is 11.1 Å². The van der Waals surface area contributed by atoms with Crippen molar-refractivity contribution in [2.75, 3.05) is 25.0 Å². The fourth-order valence-corrected chi connectivity index (χ4v) is 3.97. The summed E-state index contributed by atoms with van der Waals surface area (Å²) in [7, 11) is 0. The first kappa shape index (κ1) is 22.3. The highest BCUT2D eigenvalue weighted by Gasteiger charge is 2.18.